The largest absolute Gasteiger partial charge is 0.489 e. The van der Waals surface area contributed by atoms with Gasteiger partial charge >= 0.3 is 12.2 Å². The quantitative estimate of drug-likeness (QED) is 0.0929. The van der Waals surface area contributed by atoms with Crippen molar-refractivity contribution < 1.29 is 38.4 Å². The number of alkyl carbamates (subject to hydrolysis) is 2. The number of nitrogens with two attached hydrogens (primary N) is 1. The van der Waals surface area contributed by atoms with Crippen molar-refractivity contribution in [3.8, 4) is 11.5 Å². The first-order chi connectivity index (χ1) is 26.2. The number of carbonyl (C=O) groups excluding carboxylic acids is 2. The third-order valence-electron chi connectivity index (χ3n) is 8.17. The fraction of sp³-hybridized carbons (Fsp3) is 0.409. The molecule has 1 aliphatic rings. The van der Waals surface area contributed by atoms with Crippen LogP contribution in [0.2, 0.25) is 0 Å². The zero-order valence-electron chi connectivity index (χ0n) is 32.8. The summed E-state index contributed by atoms with van der Waals surface area (Å²) >= 11 is 0. The van der Waals surface area contributed by atoms with Crippen molar-refractivity contribution in [1.82, 2.24) is 10.6 Å². The summed E-state index contributed by atoms with van der Waals surface area (Å²) in [5.74, 6) is 1.57. The van der Waals surface area contributed by atoms with Gasteiger partial charge in [-0.3, -0.25) is 0 Å². The topological polar surface area (TPSA) is 154 Å². The van der Waals surface area contributed by atoms with Crippen LogP contribution < -0.4 is 25.8 Å². The maximum absolute atomic E-state index is 12.1. The lowest BCUT2D eigenvalue weighted by Crippen LogP contribution is -2.49. The number of benzene rings is 4. The molecule has 4 aromatic rings. The minimum Gasteiger partial charge on any atom is -0.489 e. The molecule has 4 aromatic carbocycles. The molecule has 1 heterocycles. The Kier molecular flexibility index (Phi) is 15.9. The van der Waals surface area contributed by atoms with Gasteiger partial charge in [-0.1, -0.05) is 84.9 Å². The average Bonchev–Trinajstić information content (AvgIpc) is 3.99. The standard InChI is InChI=1S/C22H30N2O4.C22H27NO4/c1-22(2,3)28-21(26)24-19(20(25)14-23)13-16-9-11-18(12-10-16)27-15-17-7-5-4-6-8-17;1-22(2,3)27-21(24)23-19(20-15-26-20)13-16-9-11-18(12-10-16)25-14-17-7-5-4-6-8-17/h4-12,19-20,25H,13-15,23H2,1-3H3,(H,24,26);4-12,19-20H,13-15H2,1-3H3,(H,23,24)/t19-,20+;19-,20?/m00/s1. The molecule has 2 amide bonds. The van der Waals surface area contributed by atoms with Gasteiger partial charge in [0.1, 0.15) is 42.0 Å². The molecule has 1 fully saturated rings. The first-order valence-electron chi connectivity index (χ1n) is 18.7. The van der Waals surface area contributed by atoms with Crippen LogP contribution in [0.5, 0.6) is 11.5 Å². The van der Waals surface area contributed by atoms with Crippen molar-refractivity contribution in [3.05, 3.63) is 131 Å². The number of nitrogens with one attached hydrogen (secondary N) is 2. The van der Waals surface area contributed by atoms with Gasteiger partial charge in [0.2, 0.25) is 0 Å². The summed E-state index contributed by atoms with van der Waals surface area (Å²) in [6.45, 7) is 12.7. The second-order valence-electron chi connectivity index (χ2n) is 15.4. The SMILES string of the molecule is CC(C)(C)OC(=O)N[C@@H](Cc1ccc(OCc2ccccc2)cc1)C1CO1.CC(C)(C)OC(=O)N[C@@H](Cc1ccc(OCc2ccccc2)cc1)[C@H](O)CN. The highest BCUT2D eigenvalue weighted by atomic mass is 16.6. The van der Waals surface area contributed by atoms with E-state index < -0.39 is 35.5 Å². The zero-order valence-corrected chi connectivity index (χ0v) is 32.8. The lowest BCUT2D eigenvalue weighted by Gasteiger charge is -2.26. The molecular formula is C44H57N3O8. The molecule has 296 valence electrons. The van der Waals surface area contributed by atoms with E-state index in [2.05, 4.69) is 10.6 Å². The molecule has 1 unspecified atom stereocenters. The van der Waals surface area contributed by atoms with Gasteiger partial charge in [0.25, 0.3) is 0 Å². The fourth-order valence-electron chi connectivity index (χ4n) is 5.36. The number of amides is 2. The van der Waals surface area contributed by atoms with E-state index in [4.69, 9.17) is 29.4 Å². The highest BCUT2D eigenvalue weighted by Crippen LogP contribution is 2.22. The summed E-state index contributed by atoms with van der Waals surface area (Å²) in [4.78, 5) is 24.1. The normalized spacial score (nSPS) is 15.2. The highest BCUT2D eigenvalue weighted by molar-refractivity contribution is 5.68. The number of aliphatic hydroxyl groups excluding tert-OH is 1. The molecule has 0 radical (unpaired) electrons. The van der Waals surface area contributed by atoms with E-state index >= 15 is 0 Å². The molecule has 0 aliphatic carbocycles. The predicted molar refractivity (Wildman–Crippen MR) is 213 cm³/mol. The first kappa shape index (κ1) is 42.6. The molecule has 5 rings (SSSR count). The molecule has 11 nitrogen and oxygen atoms in total. The molecule has 5 N–H and O–H groups in total. The van der Waals surface area contributed by atoms with Gasteiger partial charge in [0.05, 0.1) is 24.8 Å². The Labute approximate surface area is 325 Å². The third kappa shape index (κ3) is 16.8. The first-order valence-corrected chi connectivity index (χ1v) is 18.7. The van der Waals surface area contributed by atoms with E-state index in [0.29, 0.717) is 32.7 Å². The molecule has 4 atom stereocenters. The maximum atomic E-state index is 12.1. The third-order valence-corrected chi connectivity index (χ3v) is 8.17. The van der Waals surface area contributed by atoms with Crippen molar-refractivity contribution >= 4 is 12.2 Å². The van der Waals surface area contributed by atoms with E-state index in [1.165, 1.54) is 0 Å². The fourth-order valence-corrected chi connectivity index (χ4v) is 5.36. The van der Waals surface area contributed by atoms with Gasteiger partial charge in [-0.25, -0.2) is 9.59 Å². The van der Waals surface area contributed by atoms with Crippen LogP contribution in [-0.4, -0.2) is 65.9 Å². The molecule has 1 aliphatic heterocycles. The molecule has 0 saturated carbocycles. The summed E-state index contributed by atoms with van der Waals surface area (Å²) in [5, 5.41) is 15.8. The number of epoxide rings is 1. The van der Waals surface area contributed by atoms with Crippen LogP contribution in [0.25, 0.3) is 0 Å². The van der Waals surface area contributed by atoms with Crippen molar-refractivity contribution in [2.45, 2.75) is 103 Å². The lowest BCUT2D eigenvalue weighted by molar-refractivity contribution is 0.0429. The van der Waals surface area contributed by atoms with Gasteiger partial charge in [-0.2, -0.15) is 0 Å². The molecular weight excluding hydrogens is 698 g/mol. The minimum atomic E-state index is -0.874. The number of carbonyl (C=O) groups is 2. The number of ether oxygens (including phenoxy) is 5. The molecule has 0 bridgehead atoms. The van der Waals surface area contributed by atoms with E-state index in [9.17, 15) is 14.7 Å². The van der Waals surface area contributed by atoms with Crippen molar-refractivity contribution in [2.24, 2.45) is 5.73 Å². The molecule has 11 heteroatoms. The Morgan fingerprint density at radius 2 is 1.09 bits per heavy atom. The van der Waals surface area contributed by atoms with Crippen LogP contribution in [0.1, 0.15) is 63.8 Å². The lowest BCUT2D eigenvalue weighted by atomic mass is 10.0. The van der Waals surface area contributed by atoms with Gasteiger partial charge in [-0.15, -0.1) is 0 Å². The van der Waals surface area contributed by atoms with E-state index in [1.54, 1.807) is 20.8 Å². The van der Waals surface area contributed by atoms with Crippen LogP contribution >= 0.6 is 0 Å². The summed E-state index contributed by atoms with van der Waals surface area (Å²) in [5.41, 5.74) is 8.74. The Morgan fingerprint density at radius 3 is 1.49 bits per heavy atom. The van der Waals surface area contributed by atoms with Crippen LogP contribution in [0, 0.1) is 0 Å². The second kappa shape index (κ2) is 20.5. The van der Waals surface area contributed by atoms with Crippen LogP contribution in [-0.2, 0) is 40.3 Å². The summed E-state index contributed by atoms with van der Waals surface area (Å²) < 4.78 is 27.6. The summed E-state index contributed by atoms with van der Waals surface area (Å²) in [7, 11) is 0. The van der Waals surface area contributed by atoms with E-state index in [-0.39, 0.29) is 18.7 Å². The maximum Gasteiger partial charge on any atom is 0.407 e. The zero-order chi connectivity index (χ0) is 39.8. The number of aliphatic hydroxyl groups is 1. The van der Waals surface area contributed by atoms with Crippen molar-refractivity contribution in [3.63, 3.8) is 0 Å². The van der Waals surface area contributed by atoms with Crippen LogP contribution in [0.4, 0.5) is 9.59 Å². The number of hydrogen-bond donors (Lipinski definition) is 4. The monoisotopic (exact) mass is 755 g/mol. The van der Waals surface area contributed by atoms with Gasteiger partial charge < -0.3 is 45.2 Å². The van der Waals surface area contributed by atoms with Gasteiger partial charge in [0.15, 0.2) is 0 Å². The van der Waals surface area contributed by atoms with E-state index in [1.807, 2.05) is 130 Å². The predicted octanol–water partition coefficient (Wildman–Crippen LogP) is 7.12. The van der Waals surface area contributed by atoms with Crippen molar-refractivity contribution in [2.75, 3.05) is 13.2 Å². The second-order valence-corrected chi connectivity index (χ2v) is 15.4. The Bertz CT molecular complexity index is 1720. The smallest absolute Gasteiger partial charge is 0.407 e. The van der Waals surface area contributed by atoms with Crippen LogP contribution in [0.3, 0.4) is 0 Å². The molecule has 0 spiro atoms. The Balaban J connectivity index is 0.000000245. The van der Waals surface area contributed by atoms with Crippen LogP contribution in [0.15, 0.2) is 109 Å². The van der Waals surface area contributed by atoms with E-state index in [0.717, 1.165) is 33.8 Å². The molecule has 55 heavy (non-hydrogen) atoms. The van der Waals surface area contributed by atoms with Gasteiger partial charge in [0, 0.05) is 6.54 Å². The van der Waals surface area contributed by atoms with Crippen molar-refractivity contribution in [1.29, 1.82) is 0 Å². The Hall–Kier alpha value is -5.10. The minimum absolute atomic E-state index is 0.0404. The molecule has 0 aromatic heterocycles. The Morgan fingerprint density at radius 1 is 0.673 bits per heavy atom. The summed E-state index contributed by atoms with van der Waals surface area (Å²) in [6, 6.07) is 34.9. The number of rotatable bonds is 15. The van der Waals surface area contributed by atoms with Gasteiger partial charge in [-0.05, 0) is 101 Å². The summed E-state index contributed by atoms with van der Waals surface area (Å²) in [6.07, 6.45) is -0.703. The number of hydrogen-bond acceptors (Lipinski definition) is 9. The average molecular weight is 756 g/mol. The molecule has 1 saturated heterocycles. The highest BCUT2D eigenvalue weighted by Gasteiger charge is 2.35.